The van der Waals surface area contributed by atoms with E-state index >= 15 is 0 Å². The van der Waals surface area contributed by atoms with Crippen molar-refractivity contribution < 1.29 is 13.2 Å². The maximum absolute atomic E-state index is 13.0. The number of benzene rings is 2. The fourth-order valence-electron chi connectivity index (χ4n) is 3.91. The van der Waals surface area contributed by atoms with Crippen LogP contribution in [0.1, 0.15) is 30.9 Å². The van der Waals surface area contributed by atoms with Gasteiger partial charge in [-0.05, 0) is 44.4 Å². The van der Waals surface area contributed by atoms with Crippen molar-refractivity contribution in [1.29, 1.82) is 0 Å². The zero-order valence-corrected chi connectivity index (χ0v) is 16.5. The minimum atomic E-state index is -3.45. The van der Waals surface area contributed by atoms with Crippen molar-refractivity contribution >= 4 is 10.0 Å². The van der Waals surface area contributed by atoms with Crippen LogP contribution in [-0.2, 0) is 20.2 Å². The smallest absolute Gasteiger partial charge is 0.243 e. The minimum absolute atomic E-state index is 0.0223. The van der Waals surface area contributed by atoms with E-state index in [1.165, 1.54) is 5.56 Å². The molecule has 0 aliphatic carbocycles. The molecule has 3 rings (SSSR count). The Kier molecular flexibility index (Phi) is 5.51. The van der Waals surface area contributed by atoms with Crippen LogP contribution in [0.4, 0.5) is 0 Å². The Morgan fingerprint density at radius 2 is 1.58 bits per heavy atom. The summed E-state index contributed by atoms with van der Waals surface area (Å²) in [4.78, 5) is 0.370. The molecule has 1 unspecified atom stereocenters. The van der Waals surface area contributed by atoms with E-state index in [0.29, 0.717) is 18.0 Å². The van der Waals surface area contributed by atoms with E-state index in [-0.39, 0.29) is 11.5 Å². The summed E-state index contributed by atoms with van der Waals surface area (Å²) in [6.45, 7) is 5.03. The van der Waals surface area contributed by atoms with Gasteiger partial charge in [-0.3, -0.25) is 0 Å². The highest BCUT2D eigenvalue weighted by molar-refractivity contribution is 7.89. The van der Waals surface area contributed by atoms with Gasteiger partial charge in [0.05, 0.1) is 11.0 Å². The molecule has 1 heterocycles. The second-order valence-corrected chi connectivity index (χ2v) is 9.06. The number of hydrogen-bond donors (Lipinski definition) is 0. The van der Waals surface area contributed by atoms with Gasteiger partial charge in [-0.25, -0.2) is 8.42 Å². The van der Waals surface area contributed by atoms with Gasteiger partial charge < -0.3 is 4.74 Å². The summed E-state index contributed by atoms with van der Waals surface area (Å²) < 4.78 is 33.3. The molecule has 0 N–H and O–H groups in total. The first-order valence-corrected chi connectivity index (χ1v) is 10.5. The summed E-state index contributed by atoms with van der Waals surface area (Å²) >= 11 is 0. The largest absolute Gasteiger partial charge is 0.381 e. The van der Waals surface area contributed by atoms with Crippen LogP contribution in [0.15, 0.2) is 59.5 Å². The SMILES string of the molecule is COC(C)C1(c2ccccc2)CCN(S(=O)(=O)c2ccc(C)cc2)CC1. The molecule has 140 valence electrons. The molecule has 2 aromatic rings. The average Bonchev–Trinajstić information content (AvgIpc) is 2.68. The Balaban J connectivity index is 1.85. The number of nitrogens with zero attached hydrogens (tertiary/aromatic N) is 1. The van der Waals surface area contributed by atoms with E-state index in [1.54, 1.807) is 23.5 Å². The highest BCUT2D eigenvalue weighted by Gasteiger charge is 2.43. The zero-order valence-electron chi connectivity index (χ0n) is 15.7. The quantitative estimate of drug-likeness (QED) is 0.802. The highest BCUT2D eigenvalue weighted by Crippen LogP contribution is 2.41. The third-order valence-electron chi connectivity index (χ3n) is 5.75. The second kappa shape index (κ2) is 7.51. The molecule has 0 radical (unpaired) electrons. The summed E-state index contributed by atoms with van der Waals surface area (Å²) in [5, 5.41) is 0. The maximum atomic E-state index is 13.0. The Morgan fingerprint density at radius 1 is 1.00 bits per heavy atom. The van der Waals surface area contributed by atoms with E-state index in [2.05, 4.69) is 19.1 Å². The van der Waals surface area contributed by atoms with Gasteiger partial charge in [-0.2, -0.15) is 4.31 Å². The first kappa shape index (κ1) is 19.1. The summed E-state index contributed by atoms with van der Waals surface area (Å²) in [5.41, 5.74) is 2.12. The number of ether oxygens (including phenoxy) is 1. The van der Waals surface area contributed by atoms with E-state index in [0.717, 1.165) is 18.4 Å². The van der Waals surface area contributed by atoms with Crippen LogP contribution < -0.4 is 0 Å². The lowest BCUT2D eigenvalue weighted by molar-refractivity contribution is 0.0199. The fourth-order valence-corrected chi connectivity index (χ4v) is 5.35. The van der Waals surface area contributed by atoms with Gasteiger partial charge in [0.15, 0.2) is 0 Å². The lowest BCUT2D eigenvalue weighted by Gasteiger charge is -2.45. The normalized spacial score (nSPS) is 19.2. The predicted molar refractivity (Wildman–Crippen MR) is 104 cm³/mol. The zero-order chi connectivity index (χ0) is 18.8. The highest BCUT2D eigenvalue weighted by atomic mass is 32.2. The second-order valence-electron chi connectivity index (χ2n) is 7.12. The number of hydrogen-bond acceptors (Lipinski definition) is 3. The van der Waals surface area contributed by atoms with E-state index in [9.17, 15) is 8.42 Å². The first-order chi connectivity index (χ1) is 12.4. The molecule has 2 aromatic carbocycles. The molecule has 0 amide bonds. The van der Waals surface area contributed by atoms with Crippen LogP contribution in [0.3, 0.4) is 0 Å². The van der Waals surface area contributed by atoms with Crippen LogP contribution >= 0.6 is 0 Å². The standard InChI is InChI=1S/C21H27NO3S/c1-17-9-11-20(12-10-17)26(23,24)22-15-13-21(14-16-22,18(2)25-3)19-7-5-4-6-8-19/h4-12,18H,13-16H2,1-3H3. The Bertz CT molecular complexity index is 823. The molecule has 1 aliphatic rings. The van der Waals surface area contributed by atoms with Crippen molar-refractivity contribution in [3.05, 3.63) is 65.7 Å². The molecule has 0 aromatic heterocycles. The lowest BCUT2D eigenvalue weighted by Crippen LogP contribution is -2.50. The Labute approximate surface area is 156 Å². The topological polar surface area (TPSA) is 46.6 Å². The van der Waals surface area contributed by atoms with Crippen LogP contribution in [0.5, 0.6) is 0 Å². The summed E-state index contributed by atoms with van der Waals surface area (Å²) in [5.74, 6) is 0. The summed E-state index contributed by atoms with van der Waals surface area (Å²) in [7, 11) is -1.72. The monoisotopic (exact) mass is 373 g/mol. The van der Waals surface area contributed by atoms with Gasteiger partial charge in [0.2, 0.25) is 10.0 Å². The third kappa shape index (κ3) is 3.43. The molecule has 1 saturated heterocycles. The Hall–Kier alpha value is -1.69. The van der Waals surface area contributed by atoms with Crippen LogP contribution in [0.2, 0.25) is 0 Å². The molecular weight excluding hydrogens is 346 g/mol. The minimum Gasteiger partial charge on any atom is -0.381 e. The molecule has 1 fully saturated rings. The van der Waals surface area contributed by atoms with Crippen LogP contribution in [0.25, 0.3) is 0 Å². The van der Waals surface area contributed by atoms with E-state index in [1.807, 2.05) is 37.3 Å². The number of aryl methyl sites for hydroxylation is 1. The van der Waals surface area contributed by atoms with Crippen LogP contribution in [0, 0.1) is 6.92 Å². The average molecular weight is 374 g/mol. The Morgan fingerprint density at radius 3 is 2.12 bits per heavy atom. The summed E-state index contributed by atoms with van der Waals surface area (Å²) in [6.07, 6.45) is 1.52. The molecule has 0 spiro atoms. The fraction of sp³-hybridized carbons (Fsp3) is 0.429. The van der Waals surface area contributed by atoms with E-state index < -0.39 is 10.0 Å². The van der Waals surface area contributed by atoms with Crippen molar-refractivity contribution in [3.8, 4) is 0 Å². The van der Waals surface area contributed by atoms with Crippen molar-refractivity contribution in [2.45, 2.75) is 43.1 Å². The van der Waals surface area contributed by atoms with Crippen molar-refractivity contribution in [2.24, 2.45) is 0 Å². The molecule has 0 bridgehead atoms. The van der Waals surface area contributed by atoms with E-state index in [4.69, 9.17) is 4.74 Å². The molecule has 1 atom stereocenters. The molecule has 1 aliphatic heterocycles. The number of rotatable bonds is 5. The molecule has 26 heavy (non-hydrogen) atoms. The first-order valence-electron chi connectivity index (χ1n) is 9.05. The van der Waals surface area contributed by atoms with Gasteiger partial charge in [0.1, 0.15) is 0 Å². The summed E-state index contributed by atoms with van der Waals surface area (Å²) in [6, 6.07) is 17.4. The van der Waals surface area contributed by atoms with Crippen LogP contribution in [-0.4, -0.2) is 39.0 Å². The third-order valence-corrected chi connectivity index (χ3v) is 7.67. The maximum Gasteiger partial charge on any atom is 0.243 e. The van der Waals surface area contributed by atoms with Gasteiger partial charge >= 0.3 is 0 Å². The van der Waals surface area contributed by atoms with Gasteiger partial charge in [-0.15, -0.1) is 0 Å². The molecule has 5 heteroatoms. The molecule has 4 nitrogen and oxygen atoms in total. The predicted octanol–water partition coefficient (Wildman–Crippen LogP) is 3.75. The number of piperidine rings is 1. The molecular formula is C21H27NO3S. The van der Waals surface area contributed by atoms with Gasteiger partial charge in [0.25, 0.3) is 0 Å². The van der Waals surface area contributed by atoms with Gasteiger partial charge in [-0.1, -0.05) is 48.0 Å². The van der Waals surface area contributed by atoms with Crippen molar-refractivity contribution in [3.63, 3.8) is 0 Å². The van der Waals surface area contributed by atoms with Crippen molar-refractivity contribution in [2.75, 3.05) is 20.2 Å². The van der Waals surface area contributed by atoms with Gasteiger partial charge in [0, 0.05) is 25.6 Å². The lowest BCUT2D eigenvalue weighted by atomic mass is 9.69. The number of methoxy groups -OCH3 is 1. The number of sulfonamides is 1. The molecule has 0 saturated carbocycles. The van der Waals surface area contributed by atoms with Crippen molar-refractivity contribution in [1.82, 2.24) is 4.31 Å².